The Morgan fingerprint density at radius 2 is 1.94 bits per heavy atom. The number of allylic oxidation sites excluding steroid dienone is 1. The van der Waals surface area contributed by atoms with Gasteiger partial charge in [-0.25, -0.2) is 4.79 Å². The molecule has 0 saturated heterocycles. The lowest BCUT2D eigenvalue weighted by Gasteiger charge is -2.07. The molecular formula is C12H17NO3. The van der Waals surface area contributed by atoms with Crippen molar-refractivity contribution in [3.63, 3.8) is 0 Å². The van der Waals surface area contributed by atoms with E-state index in [9.17, 15) is 9.59 Å². The summed E-state index contributed by atoms with van der Waals surface area (Å²) in [6.07, 6.45) is 4.56. The maximum absolute atomic E-state index is 11.7. The maximum Gasteiger partial charge on any atom is 0.352 e. The lowest BCUT2D eigenvalue weighted by Crippen LogP contribution is -2.29. The van der Waals surface area contributed by atoms with Gasteiger partial charge < -0.3 is 10.4 Å². The molecule has 0 heterocycles. The molecule has 88 valence electrons. The van der Waals surface area contributed by atoms with Crippen molar-refractivity contribution in [2.75, 3.05) is 0 Å². The van der Waals surface area contributed by atoms with E-state index < -0.39 is 5.97 Å². The number of hydrogen-bond donors (Lipinski definition) is 2. The molecule has 4 heteroatoms. The second-order valence-corrected chi connectivity index (χ2v) is 5.46. The summed E-state index contributed by atoms with van der Waals surface area (Å²) in [6.45, 7) is 4.03. The van der Waals surface area contributed by atoms with Crippen molar-refractivity contribution in [2.45, 2.75) is 33.1 Å². The molecule has 2 aliphatic carbocycles. The van der Waals surface area contributed by atoms with Gasteiger partial charge in [-0.2, -0.15) is 0 Å². The monoisotopic (exact) mass is 223 g/mol. The average Bonchev–Trinajstić information content (AvgIpc) is 3.03. The number of hydrogen-bond acceptors (Lipinski definition) is 2. The Labute approximate surface area is 94.7 Å². The number of aliphatic carboxylic acids is 1. The van der Waals surface area contributed by atoms with Crippen molar-refractivity contribution in [3.8, 4) is 0 Å². The Balaban J connectivity index is 1.96. The zero-order chi connectivity index (χ0) is 11.9. The largest absolute Gasteiger partial charge is 0.477 e. The van der Waals surface area contributed by atoms with Crippen molar-refractivity contribution in [1.82, 2.24) is 5.32 Å². The van der Waals surface area contributed by atoms with Gasteiger partial charge in [0.05, 0.1) is 0 Å². The predicted octanol–water partition coefficient (Wildman–Crippen LogP) is 1.53. The van der Waals surface area contributed by atoms with E-state index >= 15 is 0 Å². The number of nitrogens with one attached hydrogen (secondary N) is 1. The first kappa shape index (κ1) is 11.2. The van der Waals surface area contributed by atoms with Crippen LogP contribution in [0.1, 0.15) is 33.1 Å². The molecule has 1 atom stereocenters. The summed E-state index contributed by atoms with van der Waals surface area (Å²) in [5.41, 5.74) is 0.0861. The fourth-order valence-electron chi connectivity index (χ4n) is 1.80. The van der Waals surface area contributed by atoms with E-state index in [4.69, 9.17) is 5.11 Å². The van der Waals surface area contributed by atoms with Crippen LogP contribution in [-0.4, -0.2) is 17.0 Å². The van der Waals surface area contributed by atoms with Crippen LogP contribution in [0.2, 0.25) is 0 Å². The van der Waals surface area contributed by atoms with Gasteiger partial charge in [-0.3, -0.25) is 4.79 Å². The average molecular weight is 223 g/mol. The smallest absolute Gasteiger partial charge is 0.352 e. The van der Waals surface area contributed by atoms with Gasteiger partial charge in [-0.15, -0.1) is 0 Å². The van der Waals surface area contributed by atoms with Crippen LogP contribution in [0.4, 0.5) is 0 Å². The molecule has 1 amide bonds. The van der Waals surface area contributed by atoms with Crippen LogP contribution < -0.4 is 5.32 Å². The van der Waals surface area contributed by atoms with Crippen LogP contribution >= 0.6 is 0 Å². The second-order valence-electron chi connectivity index (χ2n) is 5.46. The minimum absolute atomic E-state index is 0.0329. The first-order valence-electron chi connectivity index (χ1n) is 5.66. The van der Waals surface area contributed by atoms with Crippen LogP contribution in [0.3, 0.4) is 0 Å². The molecule has 0 aromatic heterocycles. The van der Waals surface area contributed by atoms with Gasteiger partial charge in [0.25, 0.3) is 0 Å². The summed E-state index contributed by atoms with van der Waals surface area (Å²) in [6, 6.07) is 0. The number of carboxylic acid groups (broad SMARTS) is 1. The standard InChI is InChI=1S/C12H17NO3/c1-12(2)6-8(12)10(14)13-9(11(15)16)5-7-3-4-7/h5,7-8H,3-4,6H2,1-2H3,(H,13,14)(H,15,16)/b9-5-. The number of carboxylic acids is 1. The molecule has 0 radical (unpaired) electrons. The van der Waals surface area contributed by atoms with Crippen molar-refractivity contribution in [2.24, 2.45) is 17.3 Å². The van der Waals surface area contributed by atoms with Crippen molar-refractivity contribution >= 4 is 11.9 Å². The van der Waals surface area contributed by atoms with Crippen molar-refractivity contribution in [1.29, 1.82) is 0 Å². The first-order valence-corrected chi connectivity index (χ1v) is 5.66. The van der Waals surface area contributed by atoms with Crippen molar-refractivity contribution < 1.29 is 14.7 Å². The summed E-state index contributed by atoms with van der Waals surface area (Å²) < 4.78 is 0. The van der Waals surface area contributed by atoms with Gasteiger partial charge in [0.2, 0.25) is 5.91 Å². The van der Waals surface area contributed by atoms with E-state index in [-0.39, 0.29) is 22.9 Å². The molecule has 0 spiro atoms. The SMILES string of the molecule is CC1(C)CC1C(=O)N/C(=C\C1CC1)C(=O)O. The lowest BCUT2D eigenvalue weighted by atomic mass is 10.1. The second kappa shape index (κ2) is 3.61. The zero-order valence-electron chi connectivity index (χ0n) is 9.62. The molecule has 0 aromatic rings. The molecule has 0 aliphatic heterocycles. The molecule has 16 heavy (non-hydrogen) atoms. The van der Waals surface area contributed by atoms with E-state index in [2.05, 4.69) is 5.32 Å². The quantitative estimate of drug-likeness (QED) is 0.710. The van der Waals surface area contributed by atoms with Gasteiger partial charge in [-0.1, -0.05) is 19.9 Å². The molecule has 1 unspecified atom stereocenters. The lowest BCUT2D eigenvalue weighted by molar-refractivity contribution is -0.135. The highest BCUT2D eigenvalue weighted by Gasteiger charge is 2.50. The van der Waals surface area contributed by atoms with E-state index in [0.717, 1.165) is 19.3 Å². The van der Waals surface area contributed by atoms with Crippen LogP contribution in [0.15, 0.2) is 11.8 Å². The molecule has 4 nitrogen and oxygen atoms in total. The van der Waals surface area contributed by atoms with Gasteiger partial charge in [0, 0.05) is 5.92 Å². The van der Waals surface area contributed by atoms with Crippen LogP contribution in [0, 0.1) is 17.3 Å². The van der Waals surface area contributed by atoms with Crippen molar-refractivity contribution in [3.05, 3.63) is 11.8 Å². The summed E-state index contributed by atoms with van der Waals surface area (Å²) >= 11 is 0. The molecular weight excluding hydrogens is 206 g/mol. The Morgan fingerprint density at radius 1 is 1.38 bits per heavy atom. The normalized spacial score (nSPS) is 27.4. The van der Waals surface area contributed by atoms with Gasteiger partial charge in [0.15, 0.2) is 0 Å². The van der Waals surface area contributed by atoms with E-state index in [1.54, 1.807) is 6.08 Å². The van der Waals surface area contributed by atoms with Gasteiger partial charge in [0.1, 0.15) is 5.70 Å². The number of carbonyl (C=O) groups excluding carboxylic acids is 1. The minimum atomic E-state index is -1.04. The Morgan fingerprint density at radius 3 is 2.31 bits per heavy atom. The van der Waals surface area contributed by atoms with E-state index in [0.29, 0.717) is 5.92 Å². The van der Waals surface area contributed by atoms with Gasteiger partial charge in [-0.05, 0) is 30.6 Å². The maximum atomic E-state index is 11.7. The third-order valence-electron chi connectivity index (χ3n) is 3.34. The van der Waals surface area contributed by atoms with Crippen LogP contribution in [-0.2, 0) is 9.59 Å². The molecule has 2 fully saturated rings. The Kier molecular flexibility index (Phi) is 2.52. The number of amides is 1. The number of carbonyl (C=O) groups is 2. The van der Waals surface area contributed by atoms with Crippen LogP contribution in [0.5, 0.6) is 0 Å². The summed E-state index contributed by atoms with van der Waals surface area (Å²) in [5, 5.41) is 11.5. The fraction of sp³-hybridized carbons (Fsp3) is 0.667. The molecule has 2 N–H and O–H groups in total. The Bertz CT molecular complexity index is 366. The third-order valence-corrected chi connectivity index (χ3v) is 3.34. The fourth-order valence-corrected chi connectivity index (χ4v) is 1.80. The van der Waals surface area contributed by atoms with E-state index in [1.165, 1.54) is 0 Å². The predicted molar refractivity (Wildman–Crippen MR) is 58.5 cm³/mol. The first-order chi connectivity index (χ1) is 7.40. The summed E-state index contributed by atoms with van der Waals surface area (Å²) in [5.74, 6) is -0.883. The molecule has 2 rings (SSSR count). The third kappa shape index (κ3) is 2.43. The Hall–Kier alpha value is -1.32. The zero-order valence-corrected chi connectivity index (χ0v) is 9.62. The topological polar surface area (TPSA) is 66.4 Å². The molecule has 2 saturated carbocycles. The molecule has 0 bridgehead atoms. The highest BCUT2D eigenvalue weighted by molar-refractivity contribution is 5.94. The minimum Gasteiger partial charge on any atom is -0.477 e. The number of rotatable bonds is 4. The summed E-state index contributed by atoms with van der Waals surface area (Å²) in [4.78, 5) is 22.6. The molecule has 0 aromatic carbocycles. The molecule has 2 aliphatic rings. The highest BCUT2D eigenvalue weighted by Crippen LogP contribution is 2.51. The van der Waals surface area contributed by atoms with Gasteiger partial charge >= 0.3 is 5.97 Å². The summed E-state index contributed by atoms with van der Waals surface area (Å²) in [7, 11) is 0. The van der Waals surface area contributed by atoms with E-state index in [1.807, 2.05) is 13.8 Å². The highest BCUT2D eigenvalue weighted by atomic mass is 16.4. The van der Waals surface area contributed by atoms with Crippen LogP contribution in [0.25, 0.3) is 0 Å².